The lowest BCUT2D eigenvalue weighted by Gasteiger charge is -2.22. The summed E-state index contributed by atoms with van der Waals surface area (Å²) in [6.45, 7) is 1.75. The Morgan fingerprint density at radius 2 is 1.84 bits per heavy atom. The summed E-state index contributed by atoms with van der Waals surface area (Å²) in [6, 6.07) is 14.3. The van der Waals surface area contributed by atoms with E-state index < -0.39 is 15.7 Å². The number of fused-ring (bicyclic) bond motifs is 2. The first-order valence-corrected chi connectivity index (χ1v) is 13.6. The first kappa shape index (κ1) is 21.3. The maximum absolute atomic E-state index is 13.2. The van der Waals surface area contributed by atoms with Crippen LogP contribution in [-0.4, -0.2) is 44.1 Å². The Hall–Kier alpha value is -2.59. The van der Waals surface area contributed by atoms with Gasteiger partial charge in [-0.2, -0.15) is 0 Å². The van der Waals surface area contributed by atoms with Crippen molar-refractivity contribution in [3.63, 3.8) is 0 Å². The molecule has 0 saturated carbocycles. The molecule has 0 aliphatic carbocycles. The van der Waals surface area contributed by atoms with E-state index in [4.69, 9.17) is 4.98 Å². The minimum absolute atomic E-state index is 0.0279. The quantitative estimate of drug-likeness (QED) is 0.456. The molecule has 164 valence electrons. The van der Waals surface area contributed by atoms with Crippen molar-refractivity contribution < 1.29 is 13.2 Å². The highest BCUT2D eigenvalue weighted by molar-refractivity contribution is 7.90. The fraction of sp³-hybridized carbons (Fsp3) is 0.217. The van der Waals surface area contributed by atoms with Gasteiger partial charge in [-0.05, 0) is 43.3 Å². The minimum Gasteiger partial charge on any atom is -0.313 e. The Morgan fingerprint density at radius 1 is 1.09 bits per heavy atom. The topological polar surface area (TPSA) is 79.4 Å². The Morgan fingerprint density at radius 3 is 2.62 bits per heavy atom. The van der Waals surface area contributed by atoms with Gasteiger partial charge in [0.05, 0.1) is 20.7 Å². The van der Waals surface area contributed by atoms with Gasteiger partial charge in [0.25, 0.3) is 5.91 Å². The molecule has 0 radical (unpaired) electrons. The predicted octanol–water partition coefficient (Wildman–Crippen LogP) is 4.67. The van der Waals surface area contributed by atoms with Gasteiger partial charge in [-0.3, -0.25) is 4.79 Å². The summed E-state index contributed by atoms with van der Waals surface area (Å²) in [7, 11) is -1.45. The number of thiophene rings is 1. The van der Waals surface area contributed by atoms with Crippen molar-refractivity contribution in [3.05, 3.63) is 64.5 Å². The summed E-state index contributed by atoms with van der Waals surface area (Å²) in [5.74, 6) is -0.430. The number of nitrogens with zero attached hydrogens (tertiary/aromatic N) is 2. The van der Waals surface area contributed by atoms with Gasteiger partial charge in [0.15, 0.2) is 9.84 Å². The average molecular weight is 484 g/mol. The second-order valence-electron chi connectivity index (χ2n) is 7.90. The smallest absolute Gasteiger partial charge is 0.257 e. The summed E-state index contributed by atoms with van der Waals surface area (Å²) >= 11 is 3.16. The normalized spacial score (nSPS) is 14.4. The molecule has 0 bridgehead atoms. The number of amides is 1. The van der Waals surface area contributed by atoms with Crippen molar-refractivity contribution in [2.24, 2.45) is 0 Å². The van der Waals surface area contributed by atoms with Gasteiger partial charge in [-0.25, -0.2) is 13.4 Å². The van der Waals surface area contributed by atoms with Gasteiger partial charge in [-0.15, -0.1) is 22.7 Å². The Bertz CT molecular complexity index is 1420. The number of benzene rings is 2. The van der Waals surface area contributed by atoms with Crippen LogP contribution in [0.1, 0.15) is 20.8 Å². The molecule has 1 aliphatic heterocycles. The summed E-state index contributed by atoms with van der Waals surface area (Å²) in [5, 5.41) is 4.61. The molecule has 32 heavy (non-hydrogen) atoms. The minimum atomic E-state index is -3.53. The average Bonchev–Trinajstić information content (AvgIpc) is 3.33. The van der Waals surface area contributed by atoms with E-state index in [2.05, 4.69) is 17.3 Å². The number of para-hydroxylation sites is 1. The third kappa shape index (κ3) is 3.86. The predicted molar refractivity (Wildman–Crippen MR) is 130 cm³/mol. The molecule has 0 saturated heterocycles. The number of hydrogen-bond donors (Lipinski definition) is 1. The lowest BCUT2D eigenvalue weighted by molar-refractivity contribution is 0.102. The van der Waals surface area contributed by atoms with E-state index in [1.807, 2.05) is 24.3 Å². The standard InChI is InChI=1S/C23H21N3O3S3/c1-26-12-11-14-18(13-26)31-23(20(14)22-24-16-8-4-5-9-17(16)30-22)25-21(27)15-7-3-6-10-19(15)32(2,28)29/h3-10H,11-13H2,1-2H3,(H,25,27). The van der Waals surface area contributed by atoms with Crippen molar-refractivity contribution in [2.75, 3.05) is 25.2 Å². The molecular formula is C23H21N3O3S3. The maximum atomic E-state index is 13.2. The van der Waals surface area contributed by atoms with Crippen LogP contribution in [0.25, 0.3) is 20.8 Å². The van der Waals surface area contributed by atoms with E-state index in [1.165, 1.54) is 16.5 Å². The summed E-state index contributed by atoms with van der Waals surface area (Å²) < 4.78 is 25.5. The number of hydrogen-bond acceptors (Lipinski definition) is 7. The molecule has 3 heterocycles. The highest BCUT2D eigenvalue weighted by Gasteiger charge is 2.28. The fourth-order valence-electron chi connectivity index (χ4n) is 3.97. The SMILES string of the molecule is CN1CCc2c(sc(NC(=O)c3ccccc3S(C)(=O)=O)c2-c2nc3ccccc3s2)C1. The molecule has 1 aliphatic rings. The van der Waals surface area contributed by atoms with Crippen LogP contribution in [-0.2, 0) is 22.8 Å². The number of carbonyl (C=O) groups excluding carboxylic acids is 1. The number of thiazole rings is 1. The Labute approximate surface area is 194 Å². The van der Waals surface area contributed by atoms with E-state index in [0.29, 0.717) is 0 Å². The number of carbonyl (C=O) groups is 1. The number of nitrogens with one attached hydrogen (secondary N) is 1. The van der Waals surface area contributed by atoms with Crippen LogP contribution in [0.15, 0.2) is 53.4 Å². The molecule has 1 N–H and O–H groups in total. The second-order valence-corrected chi connectivity index (χ2v) is 12.0. The lowest BCUT2D eigenvalue weighted by Crippen LogP contribution is -2.25. The van der Waals surface area contributed by atoms with Crippen molar-refractivity contribution in [2.45, 2.75) is 17.9 Å². The zero-order valence-electron chi connectivity index (χ0n) is 17.6. The van der Waals surface area contributed by atoms with Crippen molar-refractivity contribution in [1.82, 2.24) is 9.88 Å². The van der Waals surface area contributed by atoms with Gasteiger partial charge >= 0.3 is 0 Å². The second kappa shape index (κ2) is 8.08. The van der Waals surface area contributed by atoms with Crippen molar-refractivity contribution in [1.29, 1.82) is 0 Å². The number of anilines is 1. The molecule has 5 rings (SSSR count). The van der Waals surface area contributed by atoms with Crippen molar-refractivity contribution in [3.8, 4) is 10.6 Å². The number of rotatable bonds is 4. The van der Waals surface area contributed by atoms with Crippen LogP contribution in [0.2, 0.25) is 0 Å². The summed E-state index contributed by atoms with van der Waals surface area (Å²) in [5.41, 5.74) is 3.26. The maximum Gasteiger partial charge on any atom is 0.257 e. The first-order chi connectivity index (χ1) is 15.3. The van der Waals surface area contributed by atoms with E-state index >= 15 is 0 Å². The highest BCUT2D eigenvalue weighted by atomic mass is 32.2. The first-order valence-electron chi connectivity index (χ1n) is 10.1. The zero-order valence-corrected chi connectivity index (χ0v) is 20.0. The van der Waals surface area contributed by atoms with Crippen LogP contribution in [0.4, 0.5) is 5.00 Å². The van der Waals surface area contributed by atoms with Gasteiger partial charge in [0.1, 0.15) is 10.0 Å². The van der Waals surface area contributed by atoms with E-state index in [-0.39, 0.29) is 10.5 Å². The molecule has 0 unspecified atom stereocenters. The lowest BCUT2D eigenvalue weighted by atomic mass is 10.0. The Kier molecular flexibility index (Phi) is 5.37. The molecule has 0 spiro atoms. The molecule has 2 aromatic carbocycles. The number of aromatic nitrogens is 1. The van der Waals surface area contributed by atoms with Crippen LogP contribution < -0.4 is 5.32 Å². The highest BCUT2D eigenvalue weighted by Crippen LogP contribution is 2.45. The largest absolute Gasteiger partial charge is 0.313 e. The molecule has 2 aromatic heterocycles. The van der Waals surface area contributed by atoms with E-state index in [1.54, 1.807) is 40.9 Å². The molecule has 6 nitrogen and oxygen atoms in total. The Balaban J connectivity index is 1.61. The molecule has 0 fully saturated rings. The molecule has 9 heteroatoms. The third-order valence-corrected chi connectivity index (χ3v) is 8.85. The van der Waals surface area contributed by atoms with Crippen LogP contribution in [0, 0.1) is 0 Å². The van der Waals surface area contributed by atoms with Crippen molar-refractivity contribution >= 4 is 53.6 Å². The molecular weight excluding hydrogens is 462 g/mol. The third-order valence-electron chi connectivity index (χ3n) is 5.51. The number of likely N-dealkylation sites (N-methyl/N-ethyl adjacent to an activating group) is 1. The van der Waals surface area contributed by atoms with E-state index in [0.717, 1.165) is 51.6 Å². The number of sulfone groups is 1. The van der Waals surface area contributed by atoms with Gasteiger partial charge in [0, 0.05) is 29.8 Å². The van der Waals surface area contributed by atoms with Gasteiger partial charge in [-0.1, -0.05) is 24.3 Å². The molecule has 4 aromatic rings. The van der Waals surface area contributed by atoms with E-state index in [9.17, 15) is 13.2 Å². The summed E-state index contributed by atoms with van der Waals surface area (Å²) in [6.07, 6.45) is 1.99. The fourth-order valence-corrected chi connectivity index (χ4v) is 7.29. The van der Waals surface area contributed by atoms with Crippen LogP contribution in [0.3, 0.4) is 0 Å². The molecule has 1 amide bonds. The monoisotopic (exact) mass is 483 g/mol. The van der Waals surface area contributed by atoms with Gasteiger partial charge in [0.2, 0.25) is 0 Å². The van der Waals surface area contributed by atoms with Crippen LogP contribution in [0.5, 0.6) is 0 Å². The summed E-state index contributed by atoms with van der Waals surface area (Å²) in [4.78, 5) is 21.6. The van der Waals surface area contributed by atoms with Crippen LogP contribution >= 0.6 is 22.7 Å². The van der Waals surface area contributed by atoms with Gasteiger partial charge < -0.3 is 10.2 Å². The molecule has 0 atom stereocenters. The zero-order chi connectivity index (χ0) is 22.5.